The fraction of sp³-hybridized carbons (Fsp3) is 0.125. The maximum Gasteiger partial charge on any atom is 0.416 e. The summed E-state index contributed by atoms with van der Waals surface area (Å²) in [5.74, 6) is -1.46. The third kappa shape index (κ3) is 4.19. The topological polar surface area (TPSA) is 74.6 Å². The Bertz CT molecular complexity index is 1360. The molecule has 1 aromatic heterocycles. The van der Waals surface area contributed by atoms with E-state index in [1.807, 2.05) is 11.5 Å². The molecule has 0 atom stereocenters. The quantitative estimate of drug-likeness (QED) is 0.322. The molecule has 1 saturated heterocycles. The summed E-state index contributed by atoms with van der Waals surface area (Å²) in [5, 5.41) is 11.6. The molecule has 3 aromatic rings. The summed E-state index contributed by atoms with van der Waals surface area (Å²) >= 11 is 5.08. The highest BCUT2D eigenvalue weighted by Crippen LogP contribution is 2.33. The van der Waals surface area contributed by atoms with Gasteiger partial charge in [0.05, 0.1) is 11.3 Å². The second-order valence-corrected chi connectivity index (χ2v) is 8.07. The number of hydrogen-bond acceptors (Lipinski definition) is 4. The summed E-state index contributed by atoms with van der Waals surface area (Å²) in [4.78, 5) is 26.7. The minimum atomic E-state index is -4.61. The molecule has 2 heterocycles. The number of nitrogens with zero attached hydrogens (tertiary/aromatic N) is 2. The first-order chi connectivity index (χ1) is 16.0. The first-order valence-corrected chi connectivity index (χ1v) is 10.5. The van der Waals surface area contributed by atoms with Gasteiger partial charge in [-0.3, -0.25) is 19.8 Å². The Labute approximate surface area is 197 Å². The van der Waals surface area contributed by atoms with Crippen molar-refractivity contribution in [2.45, 2.75) is 20.0 Å². The van der Waals surface area contributed by atoms with Gasteiger partial charge in [0.25, 0.3) is 11.8 Å². The largest absolute Gasteiger partial charge is 0.508 e. The number of carbonyl (C=O) groups excluding carboxylic acids is 2. The van der Waals surface area contributed by atoms with Gasteiger partial charge in [0, 0.05) is 17.1 Å². The lowest BCUT2D eigenvalue weighted by atomic mass is 10.1. The van der Waals surface area contributed by atoms with Crippen molar-refractivity contribution in [1.82, 2.24) is 9.88 Å². The highest BCUT2D eigenvalue weighted by Gasteiger charge is 2.36. The summed E-state index contributed by atoms with van der Waals surface area (Å²) in [6.07, 6.45) is -3.22. The molecule has 0 spiro atoms. The Morgan fingerprint density at radius 3 is 2.32 bits per heavy atom. The number of thiocarbonyl (C=S) groups is 1. The predicted molar refractivity (Wildman–Crippen MR) is 125 cm³/mol. The molecule has 2 N–H and O–H groups in total. The van der Waals surface area contributed by atoms with Crippen molar-refractivity contribution in [2.24, 2.45) is 0 Å². The van der Waals surface area contributed by atoms with Crippen molar-refractivity contribution >= 4 is 40.9 Å². The molecule has 0 unspecified atom stereocenters. The van der Waals surface area contributed by atoms with Crippen LogP contribution in [-0.4, -0.2) is 26.6 Å². The van der Waals surface area contributed by atoms with E-state index in [1.165, 1.54) is 18.2 Å². The predicted octanol–water partition coefficient (Wildman–Crippen LogP) is 4.65. The van der Waals surface area contributed by atoms with E-state index in [4.69, 9.17) is 12.2 Å². The first kappa shape index (κ1) is 23.2. The number of hydrogen-bond donors (Lipinski definition) is 2. The Hall–Kier alpha value is -3.92. The zero-order valence-corrected chi connectivity index (χ0v) is 18.8. The zero-order valence-electron chi connectivity index (χ0n) is 18.0. The van der Waals surface area contributed by atoms with Gasteiger partial charge in [-0.15, -0.1) is 0 Å². The van der Waals surface area contributed by atoms with Gasteiger partial charge < -0.3 is 9.67 Å². The van der Waals surface area contributed by atoms with Crippen LogP contribution in [0.2, 0.25) is 0 Å². The molecule has 6 nitrogen and oxygen atoms in total. The fourth-order valence-corrected chi connectivity index (χ4v) is 4.08. The van der Waals surface area contributed by atoms with E-state index >= 15 is 0 Å². The van der Waals surface area contributed by atoms with Crippen LogP contribution >= 0.6 is 12.2 Å². The average molecular weight is 485 g/mol. The molecule has 0 radical (unpaired) electrons. The number of carbonyl (C=O) groups is 2. The highest BCUT2D eigenvalue weighted by molar-refractivity contribution is 7.80. The number of phenolic OH excluding ortho intramolecular Hbond substituents is 1. The molecule has 34 heavy (non-hydrogen) atoms. The van der Waals surface area contributed by atoms with Crippen molar-refractivity contribution in [2.75, 3.05) is 4.90 Å². The second-order valence-electron chi connectivity index (χ2n) is 7.68. The second kappa shape index (κ2) is 8.45. The van der Waals surface area contributed by atoms with E-state index in [0.717, 1.165) is 34.1 Å². The van der Waals surface area contributed by atoms with E-state index < -0.39 is 23.6 Å². The lowest BCUT2D eigenvalue weighted by Crippen LogP contribution is -2.54. The summed E-state index contributed by atoms with van der Waals surface area (Å²) < 4.78 is 41.4. The van der Waals surface area contributed by atoms with Gasteiger partial charge in [-0.05, 0) is 86.2 Å². The SMILES string of the molecule is Cc1cc(/C=C2\C(=O)NC(=S)N(c3cccc(C(F)(F)F)c3)C2=O)c(C)n1-c1ccc(O)cc1. The lowest BCUT2D eigenvalue weighted by molar-refractivity contribution is -0.137. The number of nitrogens with one attached hydrogen (secondary N) is 1. The van der Waals surface area contributed by atoms with Crippen LogP contribution in [0.15, 0.2) is 60.2 Å². The number of amides is 2. The number of rotatable bonds is 3. The number of phenols is 1. The molecule has 0 saturated carbocycles. The minimum Gasteiger partial charge on any atom is -0.508 e. The van der Waals surface area contributed by atoms with Gasteiger partial charge in [0.15, 0.2) is 5.11 Å². The number of halogens is 3. The number of anilines is 1. The summed E-state index contributed by atoms with van der Waals surface area (Å²) in [5.41, 5.74) is 1.55. The van der Waals surface area contributed by atoms with Crippen LogP contribution in [0.5, 0.6) is 5.75 Å². The molecular weight excluding hydrogens is 467 g/mol. The van der Waals surface area contributed by atoms with Gasteiger partial charge in [0.2, 0.25) is 0 Å². The maximum atomic E-state index is 13.2. The minimum absolute atomic E-state index is 0.106. The molecule has 10 heteroatoms. The Balaban J connectivity index is 1.75. The number of aromatic hydroxyl groups is 1. The Kier molecular flexibility index (Phi) is 5.78. The first-order valence-electron chi connectivity index (χ1n) is 10.0. The van der Waals surface area contributed by atoms with Crippen molar-refractivity contribution < 1.29 is 27.9 Å². The zero-order chi connectivity index (χ0) is 24.8. The summed E-state index contributed by atoms with van der Waals surface area (Å²) in [6, 6.07) is 12.5. The molecule has 0 aliphatic carbocycles. The van der Waals surface area contributed by atoms with Crippen LogP contribution in [0.3, 0.4) is 0 Å². The summed E-state index contributed by atoms with van der Waals surface area (Å²) in [7, 11) is 0. The molecule has 2 aromatic carbocycles. The Morgan fingerprint density at radius 1 is 1.00 bits per heavy atom. The van der Waals surface area contributed by atoms with Crippen LogP contribution in [0.25, 0.3) is 11.8 Å². The van der Waals surface area contributed by atoms with Gasteiger partial charge in [-0.1, -0.05) is 6.07 Å². The lowest BCUT2D eigenvalue weighted by Gasteiger charge is -2.29. The number of aromatic nitrogens is 1. The normalized spacial score (nSPS) is 15.7. The molecule has 1 aliphatic heterocycles. The molecule has 174 valence electrons. The van der Waals surface area contributed by atoms with Gasteiger partial charge in [0.1, 0.15) is 11.3 Å². The monoisotopic (exact) mass is 485 g/mol. The van der Waals surface area contributed by atoms with Crippen LogP contribution in [0, 0.1) is 13.8 Å². The molecular formula is C24H18F3N3O3S. The average Bonchev–Trinajstić information content (AvgIpc) is 3.04. The van der Waals surface area contributed by atoms with Crippen LogP contribution < -0.4 is 10.2 Å². The van der Waals surface area contributed by atoms with Crippen molar-refractivity contribution in [3.63, 3.8) is 0 Å². The van der Waals surface area contributed by atoms with Crippen LogP contribution in [0.1, 0.15) is 22.5 Å². The maximum absolute atomic E-state index is 13.2. The third-order valence-corrected chi connectivity index (χ3v) is 5.70. The third-order valence-electron chi connectivity index (χ3n) is 5.41. The Morgan fingerprint density at radius 2 is 1.68 bits per heavy atom. The van der Waals surface area contributed by atoms with Crippen molar-refractivity contribution in [3.05, 3.63) is 82.7 Å². The van der Waals surface area contributed by atoms with E-state index in [1.54, 1.807) is 37.3 Å². The van der Waals surface area contributed by atoms with E-state index in [0.29, 0.717) is 5.56 Å². The van der Waals surface area contributed by atoms with E-state index in [-0.39, 0.29) is 22.1 Å². The van der Waals surface area contributed by atoms with Crippen molar-refractivity contribution in [1.29, 1.82) is 0 Å². The standard InChI is InChI=1S/C24H18F3N3O3S/c1-13-10-15(14(2)29(13)17-6-8-19(31)9-7-17)11-20-21(32)28-23(34)30(22(20)33)18-5-3-4-16(12-18)24(25,26)27/h3-12,31H,1-2H3,(H,28,32,34)/b20-11+. The van der Waals surface area contributed by atoms with Crippen LogP contribution in [-0.2, 0) is 15.8 Å². The van der Waals surface area contributed by atoms with Gasteiger partial charge >= 0.3 is 6.18 Å². The van der Waals surface area contributed by atoms with Gasteiger partial charge in [-0.25, -0.2) is 0 Å². The smallest absolute Gasteiger partial charge is 0.416 e. The molecule has 2 amide bonds. The van der Waals surface area contributed by atoms with E-state index in [2.05, 4.69) is 5.32 Å². The fourth-order valence-electron chi connectivity index (χ4n) is 3.80. The van der Waals surface area contributed by atoms with Crippen molar-refractivity contribution in [3.8, 4) is 11.4 Å². The van der Waals surface area contributed by atoms with Crippen LogP contribution in [0.4, 0.5) is 18.9 Å². The number of alkyl halides is 3. The summed E-state index contributed by atoms with van der Waals surface area (Å²) in [6.45, 7) is 3.64. The molecule has 0 bridgehead atoms. The molecule has 1 fully saturated rings. The number of aryl methyl sites for hydroxylation is 1. The van der Waals surface area contributed by atoms with Gasteiger partial charge in [-0.2, -0.15) is 13.2 Å². The number of benzene rings is 2. The molecule has 4 rings (SSSR count). The molecule has 1 aliphatic rings. The highest BCUT2D eigenvalue weighted by atomic mass is 32.1. The van der Waals surface area contributed by atoms with E-state index in [9.17, 15) is 27.9 Å².